The molecule has 0 bridgehead atoms. The number of carboxylic acid groups (broad SMARTS) is 1. The molecule has 0 radical (unpaired) electrons. The third-order valence-electron chi connectivity index (χ3n) is 1.96. The van der Waals surface area contributed by atoms with E-state index < -0.39 is 5.97 Å². The average molecular weight is 189 g/mol. The van der Waals surface area contributed by atoms with Crippen molar-refractivity contribution < 1.29 is 9.90 Å². The molecular formula is C8H15NO2S. The van der Waals surface area contributed by atoms with Crippen LogP contribution in [0.5, 0.6) is 0 Å². The van der Waals surface area contributed by atoms with Crippen molar-refractivity contribution >= 4 is 17.7 Å². The number of carbonyl (C=O) groups is 1. The Morgan fingerprint density at radius 1 is 1.42 bits per heavy atom. The molecule has 3 nitrogen and oxygen atoms in total. The van der Waals surface area contributed by atoms with Gasteiger partial charge in [-0.3, -0.25) is 4.79 Å². The lowest BCUT2D eigenvalue weighted by atomic mass is 10.3. The Morgan fingerprint density at radius 3 is 3.00 bits per heavy atom. The molecule has 0 aromatic rings. The molecule has 1 saturated heterocycles. The molecule has 70 valence electrons. The summed E-state index contributed by atoms with van der Waals surface area (Å²) in [5.41, 5.74) is 0. The van der Waals surface area contributed by atoms with Crippen LogP contribution in [0, 0.1) is 0 Å². The van der Waals surface area contributed by atoms with Crippen molar-refractivity contribution in [1.82, 2.24) is 4.90 Å². The molecule has 0 aromatic carbocycles. The second kappa shape index (κ2) is 5.43. The number of rotatable bonds is 3. The minimum absolute atomic E-state index is 0.282. The number of aliphatic carboxylic acids is 1. The third-order valence-corrected chi connectivity index (χ3v) is 3.01. The highest BCUT2D eigenvalue weighted by molar-refractivity contribution is 7.99. The maximum Gasteiger partial charge on any atom is 0.304 e. The van der Waals surface area contributed by atoms with Gasteiger partial charge >= 0.3 is 5.97 Å². The lowest BCUT2D eigenvalue weighted by Crippen LogP contribution is -2.28. The van der Waals surface area contributed by atoms with E-state index in [1.54, 1.807) is 0 Å². The SMILES string of the molecule is O=C(O)CCN1CCCSCC1. The van der Waals surface area contributed by atoms with Gasteiger partial charge < -0.3 is 10.0 Å². The highest BCUT2D eigenvalue weighted by Crippen LogP contribution is 2.09. The van der Waals surface area contributed by atoms with Gasteiger partial charge in [-0.25, -0.2) is 0 Å². The molecule has 12 heavy (non-hydrogen) atoms. The Balaban J connectivity index is 2.16. The number of thioether (sulfide) groups is 1. The molecule has 1 fully saturated rings. The molecule has 0 aromatic heterocycles. The molecule has 1 aliphatic rings. The van der Waals surface area contributed by atoms with Gasteiger partial charge in [0.1, 0.15) is 0 Å². The van der Waals surface area contributed by atoms with Crippen molar-refractivity contribution in [3.05, 3.63) is 0 Å². The van der Waals surface area contributed by atoms with Crippen LogP contribution in [0.1, 0.15) is 12.8 Å². The summed E-state index contributed by atoms with van der Waals surface area (Å²) in [6.07, 6.45) is 1.48. The molecule has 0 amide bonds. The smallest absolute Gasteiger partial charge is 0.304 e. The maximum absolute atomic E-state index is 10.3. The second-order valence-electron chi connectivity index (χ2n) is 2.95. The van der Waals surface area contributed by atoms with E-state index in [9.17, 15) is 4.79 Å². The topological polar surface area (TPSA) is 40.5 Å². The Hall–Kier alpha value is -0.220. The Kier molecular flexibility index (Phi) is 4.46. The standard InChI is InChI=1S/C8H15NO2S/c10-8(11)2-4-9-3-1-6-12-7-5-9/h1-7H2,(H,10,11). The van der Waals surface area contributed by atoms with Gasteiger partial charge in [0.25, 0.3) is 0 Å². The first-order valence-electron chi connectivity index (χ1n) is 4.31. The molecule has 1 heterocycles. The molecule has 1 N–H and O–H groups in total. The van der Waals surface area contributed by atoms with Crippen molar-refractivity contribution in [3.8, 4) is 0 Å². The van der Waals surface area contributed by atoms with Crippen LogP contribution in [-0.2, 0) is 4.79 Å². The first-order valence-corrected chi connectivity index (χ1v) is 5.46. The lowest BCUT2D eigenvalue weighted by molar-refractivity contribution is -0.137. The molecule has 0 unspecified atom stereocenters. The predicted octanol–water partition coefficient (Wildman–Crippen LogP) is 0.900. The van der Waals surface area contributed by atoms with Gasteiger partial charge in [0.05, 0.1) is 6.42 Å². The van der Waals surface area contributed by atoms with Gasteiger partial charge in [-0.2, -0.15) is 11.8 Å². The highest BCUT2D eigenvalue weighted by Gasteiger charge is 2.09. The molecule has 1 aliphatic heterocycles. The first-order chi connectivity index (χ1) is 5.79. The van der Waals surface area contributed by atoms with Crippen LogP contribution >= 0.6 is 11.8 Å². The summed E-state index contributed by atoms with van der Waals surface area (Å²) < 4.78 is 0. The van der Waals surface area contributed by atoms with Crippen LogP contribution in [-0.4, -0.2) is 47.1 Å². The normalized spacial score (nSPS) is 20.3. The second-order valence-corrected chi connectivity index (χ2v) is 4.18. The van der Waals surface area contributed by atoms with Gasteiger partial charge in [0, 0.05) is 18.8 Å². The van der Waals surface area contributed by atoms with E-state index in [1.165, 1.54) is 12.2 Å². The van der Waals surface area contributed by atoms with E-state index in [1.807, 2.05) is 11.8 Å². The van der Waals surface area contributed by atoms with E-state index >= 15 is 0 Å². The molecule has 1 rings (SSSR count). The molecule has 0 aliphatic carbocycles. The van der Waals surface area contributed by atoms with Gasteiger partial charge in [-0.05, 0) is 18.7 Å². The van der Waals surface area contributed by atoms with E-state index in [4.69, 9.17) is 5.11 Å². The van der Waals surface area contributed by atoms with Crippen molar-refractivity contribution in [1.29, 1.82) is 0 Å². The summed E-state index contributed by atoms with van der Waals surface area (Å²) >= 11 is 1.96. The van der Waals surface area contributed by atoms with E-state index in [0.717, 1.165) is 25.4 Å². The highest BCUT2D eigenvalue weighted by atomic mass is 32.2. The monoisotopic (exact) mass is 189 g/mol. The zero-order valence-corrected chi connectivity index (χ0v) is 7.98. The summed E-state index contributed by atoms with van der Waals surface area (Å²) in [5, 5.41) is 8.48. The summed E-state index contributed by atoms with van der Waals surface area (Å²) in [6, 6.07) is 0. The fourth-order valence-electron chi connectivity index (χ4n) is 1.28. The van der Waals surface area contributed by atoms with Crippen LogP contribution in [0.4, 0.5) is 0 Å². The van der Waals surface area contributed by atoms with E-state index in [2.05, 4.69) is 4.90 Å². The first kappa shape index (κ1) is 9.86. The van der Waals surface area contributed by atoms with Crippen molar-refractivity contribution in [2.45, 2.75) is 12.8 Å². The summed E-state index contributed by atoms with van der Waals surface area (Å²) in [5.74, 6) is 1.69. The number of hydrogen-bond donors (Lipinski definition) is 1. The van der Waals surface area contributed by atoms with Crippen LogP contribution in [0.3, 0.4) is 0 Å². The summed E-state index contributed by atoms with van der Waals surface area (Å²) in [4.78, 5) is 12.5. The molecule has 0 atom stereocenters. The maximum atomic E-state index is 10.3. The van der Waals surface area contributed by atoms with Crippen molar-refractivity contribution in [3.63, 3.8) is 0 Å². The van der Waals surface area contributed by atoms with Gasteiger partial charge in [0.15, 0.2) is 0 Å². The van der Waals surface area contributed by atoms with Crippen LogP contribution in [0.25, 0.3) is 0 Å². The lowest BCUT2D eigenvalue weighted by Gasteiger charge is -2.17. The summed E-state index contributed by atoms with van der Waals surface area (Å²) in [7, 11) is 0. The Morgan fingerprint density at radius 2 is 2.25 bits per heavy atom. The van der Waals surface area contributed by atoms with Crippen LogP contribution < -0.4 is 0 Å². The quantitative estimate of drug-likeness (QED) is 0.716. The van der Waals surface area contributed by atoms with Gasteiger partial charge in [-0.1, -0.05) is 0 Å². The predicted molar refractivity (Wildman–Crippen MR) is 50.6 cm³/mol. The van der Waals surface area contributed by atoms with Crippen LogP contribution in [0.15, 0.2) is 0 Å². The van der Waals surface area contributed by atoms with E-state index in [-0.39, 0.29) is 6.42 Å². The minimum Gasteiger partial charge on any atom is -0.481 e. The van der Waals surface area contributed by atoms with Crippen molar-refractivity contribution in [2.75, 3.05) is 31.1 Å². The number of nitrogens with zero attached hydrogens (tertiary/aromatic N) is 1. The zero-order valence-electron chi connectivity index (χ0n) is 7.16. The largest absolute Gasteiger partial charge is 0.481 e. The zero-order chi connectivity index (χ0) is 8.81. The van der Waals surface area contributed by atoms with Crippen molar-refractivity contribution in [2.24, 2.45) is 0 Å². The molecular weight excluding hydrogens is 174 g/mol. The van der Waals surface area contributed by atoms with E-state index in [0.29, 0.717) is 0 Å². The molecule has 0 saturated carbocycles. The minimum atomic E-state index is -0.688. The van der Waals surface area contributed by atoms with Gasteiger partial charge in [-0.15, -0.1) is 0 Å². The summed E-state index contributed by atoms with van der Waals surface area (Å²) in [6.45, 7) is 2.84. The number of hydrogen-bond acceptors (Lipinski definition) is 3. The van der Waals surface area contributed by atoms with Crippen LogP contribution in [0.2, 0.25) is 0 Å². The fraction of sp³-hybridized carbons (Fsp3) is 0.875. The molecule has 4 heteroatoms. The van der Waals surface area contributed by atoms with Gasteiger partial charge in [0.2, 0.25) is 0 Å². The number of carboxylic acids is 1. The fourth-order valence-corrected chi connectivity index (χ4v) is 2.20. The Labute approximate surface area is 77.1 Å². The average Bonchev–Trinajstić information content (AvgIpc) is 2.28. The Bertz CT molecular complexity index is 144. The third kappa shape index (κ3) is 3.97. The molecule has 0 spiro atoms.